The molecule has 0 aliphatic carbocycles. The van der Waals surface area contributed by atoms with Gasteiger partial charge in [-0.1, -0.05) is 12.1 Å². The quantitative estimate of drug-likeness (QED) is 0.493. The molecule has 1 aliphatic heterocycles. The molecule has 7 heteroatoms. The molecule has 0 radical (unpaired) electrons. The van der Waals surface area contributed by atoms with Crippen LogP contribution in [0.15, 0.2) is 34.8 Å². The highest BCUT2D eigenvalue weighted by Crippen LogP contribution is 2.51. The summed E-state index contributed by atoms with van der Waals surface area (Å²) < 4.78 is 5.77. The highest BCUT2D eigenvalue weighted by molar-refractivity contribution is 9.10. The van der Waals surface area contributed by atoms with Crippen molar-refractivity contribution >= 4 is 15.9 Å². The van der Waals surface area contributed by atoms with Gasteiger partial charge in [0.1, 0.15) is 18.0 Å². The van der Waals surface area contributed by atoms with E-state index in [-0.39, 0.29) is 21.5 Å². The van der Waals surface area contributed by atoms with Crippen molar-refractivity contribution in [2.75, 3.05) is 0 Å². The normalized spacial score (nSPS) is 23.7. The van der Waals surface area contributed by atoms with Gasteiger partial charge in [0.05, 0.1) is 4.47 Å². The lowest BCUT2D eigenvalue weighted by atomic mass is 9.92. The van der Waals surface area contributed by atoms with E-state index in [0.717, 1.165) is 0 Å². The Labute approximate surface area is 134 Å². The molecular weight excluding hydrogens is 356 g/mol. The molecule has 0 saturated heterocycles. The molecule has 6 nitrogen and oxygen atoms in total. The standard InChI is InChI=1S/C15H13BrO6/c16-9-5-8-10(18)12(20)14(6-1-3-7(17)4-2-6)22-15(8)13(21)11(9)19/h1-5,10,12,14,17-21H/t10-,12-,14-/m1/s1. The van der Waals surface area contributed by atoms with E-state index in [0.29, 0.717) is 5.56 Å². The second-order valence-corrected chi connectivity index (χ2v) is 5.89. The van der Waals surface area contributed by atoms with E-state index in [1.54, 1.807) is 0 Å². The van der Waals surface area contributed by atoms with Gasteiger partial charge in [-0.2, -0.15) is 0 Å². The van der Waals surface area contributed by atoms with Crippen molar-refractivity contribution in [1.29, 1.82) is 0 Å². The van der Waals surface area contributed by atoms with Crippen LogP contribution in [0.2, 0.25) is 0 Å². The third-order valence-electron chi connectivity index (χ3n) is 3.63. The predicted octanol–water partition coefficient (Wildman–Crippen LogP) is 2.09. The summed E-state index contributed by atoms with van der Waals surface area (Å²) in [5.74, 6) is -0.957. The molecule has 0 spiro atoms. The predicted molar refractivity (Wildman–Crippen MR) is 79.9 cm³/mol. The molecule has 0 bridgehead atoms. The maximum Gasteiger partial charge on any atom is 0.202 e. The molecule has 3 rings (SSSR count). The molecule has 1 aliphatic rings. The van der Waals surface area contributed by atoms with E-state index < -0.39 is 29.8 Å². The summed E-state index contributed by atoms with van der Waals surface area (Å²) in [7, 11) is 0. The van der Waals surface area contributed by atoms with Crippen LogP contribution in [0.5, 0.6) is 23.0 Å². The minimum atomic E-state index is -1.30. The molecule has 2 aromatic rings. The first-order chi connectivity index (χ1) is 10.4. The van der Waals surface area contributed by atoms with Crippen LogP contribution in [0.25, 0.3) is 0 Å². The third-order valence-corrected chi connectivity index (χ3v) is 4.23. The van der Waals surface area contributed by atoms with Gasteiger partial charge in [-0.15, -0.1) is 0 Å². The number of rotatable bonds is 1. The van der Waals surface area contributed by atoms with Gasteiger partial charge >= 0.3 is 0 Å². The molecule has 2 aromatic carbocycles. The minimum Gasteiger partial charge on any atom is -0.508 e. The van der Waals surface area contributed by atoms with Gasteiger partial charge in [0.2, 0.25) is 5.75 Å². The van der Waals surface area contributed by atoms with Crippen LogP contribution in [0.1, 0.15) is 23.3 Å². The molecule has 0 saturated carbocycles. The summed E-state index contributed by atoms with van der Waals surface area (Å²) in [5.41, 5.74) is 0.682. The Morgan fingerprint density at radius 2 is 1.59 bits per heavy atom. The number of aliphatic hydroxyl groups is 2. The number of halogens is 1. The summed E-state index contributed by atoms with van der Waals surface area (Å²) in [4.78, 5) is 0. The highest BCUT2D eigenvalue weighted by Gasteiger charge is 2.39. The zero-order valence-electron chi connectivity index (χ0n) is 11.1. The molecule has 0 fully saturated rings. The SMILES string of the molecule is Oc1ccc([C@H]2Oc3c(cc(Br)c(O)c3O)[C@@H](O)[C@H]2O)cc1. The Morgan fingerprint density at radius 1 is 0.955 bits per heavy atom. The van der Waals surface area contributed by atoms with Crippen LogP contribution < -0.4 is 4.74 Å². The highest BCUT2D eigenvalue weighted by atomic mass is 79.9. The van der Waals surface area contributed by atoms with Crippen molar-refractivity contribution in [3.8, 4) is 23.0 Å². The fraction of sp³-hybridized carbons (Fsp3) is 0.200. The number of aromatic hydroxyl groups is 3. The molecule has 1 heterocycles. The lowest BCUT2D eigenvalue weighted by Gasteiger charge is -2.35. The Hall–Kier alpha value is -1.96. The molecule has 5 N–H and O–H groups in total. The second-order valence-electron chi connectivity index (χ2n) is 5.04. The van der Waals surface area contributed by atoms with Gasteiger partial charge in [0.25, 0.3) is 0 Å². The molecule has 22 heavy (non-hydrogen) atoms. The van der Waals surface area contributed by atoms with E-state index in [4.69, 9.17) is 4.74 Å². The van der Waals surface area contributed by atoms with Crippen molar-refractivity contribution in [3.63, 3.8) is 0 Å². The van der Waals surface area contributed by atoms with Crippen LogP contribution in [-0.4, -0.2) is 31.6 Å². The van der Waals surface area contributed by atoms with Crippen molar-refractivity contribution in [1.82, 2.24) is 0 Å². The number of phenols is 3. The Balaban J connectivity index is 2.08. The number of aliphatic hydroxyl groups excluding tert-OH is 2. The first-order valence-electron chi connectivity index (χ1n) is 6.46. The monoisotopic (exact) mass is 368 g/mol. The summed E-state index contributed by atoms with van der Waals surface area (Å²) in [6, 6.07) is 7.30. The van der Waals surface area contributed by atoms with E-state index in [2.05, 4.69) is 15.9 Å². The van der Waals surface area contributed by atoms with Crippen LogP contribution in [0, 0.1) is 0 Å². The van der Waals surface area contributed by atoms with Crippen molar-refractivity contribution in [2.45, 2.75) is 18.3 Å². The van der Waals surface area contributed by atoms with Gasteiger partial charge < -0.3 is 30.3 Å². The van der Waals surface area contributed by atoms with Crippen molar-refractivity contribution in [3.05, 3.63) is 45.9 Å². The fourth-order valence-corrected chi connectivity index (χ4v) is 2.88. The fourth-order valence-electron chi connectivity index (χ4n) is 2.45. The Bertz CT molecular complexity index is 715. The number of benzene rings is 2. The van der Waals surface area contributed by atoms with Crippen LogP contribution >= 0.6 is 15.9 Å². The van der Waals surface area contributed by atoms with E-state index in [9.17, 15) is 25.5 Å². The average molecular weight is 369 g/mol. The maximum absolute atomic E-state index is 10.3. The third kappa shape index (κ3) is 2.27. The van der Waals surface area contributed by atoms with E-state index in [1.807, 2.05) is 0 Å². The first kappa shape index (κ1) is 15.0. The molecule has 0 aromatic heterocycles. The number of ether oxygens (including phenoxy) is 1. The van der Waals surface area contributed by atoms with E-state index >= 15 is 0 Å². The maximum atomic E-state index is 10.3. The largest absolute Gasteiger partial charge is 0.508 e. The number of hydrogen-bond acceptors (Lipinski definition) is 6. The van der Waals surface area contributed by atoms with Crippen molar-refractivity contribution in [2.24, 2.45) is 0 Å². The summed E-state index contributed by atoms with van der Waals surface area (Å²) in [6.07, 6.45) is -3.52. The summed E-state index contributed by atoms with van der Waals surface area (Å²) >= 11 is 3.05. The van der Waals surface area contributed by atoms with Gasteiger partial charge in [-0.25, -0.2) is 0 Å². The van der Waals surface area contributed by atoms with Gasteiger partial charge in [0.15, 0.2) is 17.6 Å². The smallest absolute Gasteiger partial charge is 0.202 e. The second kappa shape index (κ2) is 5.35. The Morgan fingerprint density at radius 3 is 2.23 bits per heavy atom. The topological polar surface area (TPSA) is 110 Å². The number of hydrogen-bond donors (Lipinski definition) is 5. The number of phenolic OH excluding ortho intramolecular Hbond substituents is 3. The molecule has 0 unspecified atom stereocenters. The molecule has 116 valence electrons. The van der Waals surface area contributed by atoms with E-state index in [1.165, 1.54) is 30.3 Å². The molecule has 0 amide bonds. The van der Waals surface area contributed by atoms with Gasteiger partial charge in [-0.3, -0.25) is 0 Å². The van der Waals surface area contributed by atoms with Crippen LogP contribution in [0.3, 0.4) is 0 Å². The summed E-state index contributed by atoms with van der Waals surface area (Å²) in [5, 5.41) is 49.6. The summed E-state index contributed by atoms with van der Waals surface area (Å²) in [6.45, 7) is 0. The van der Waals surface area contributed by atoms with Crippen LogP contribution in [-0.2, 0) is 0 Å². The molecular formula is C15H13BrO6. The first-order valence-corrected chi connectivity index (χ1v) is 7.25. The number of fused-ring (bicyclic) bond motifs is 1. The average Bonchev–Trinajstić information content (AvgIpc) is 2.50. The Kier molecular flexibility index (Phi) is 3.64. The molecule has 3 atom stereocenters. The van der Waals surface area contributed by atoms with Gasteiger partial charge in [0, 0.05) is 5.56 Å². The van der Waals surface area contributed by atoms with Crippen molar-refractivity contribution < 1.29 is 30.3 Å². The zero-order chi connectivity index (χ0) is 16.0. The lowest BCUT2D eigenvalue weighted by molar-refractivity contribution is -0.0710. The minimum absolute atomic E-state index is 0.0550. The zero-order valence-corrected chi connectivity index (χ0v) is 12.7. The van der Waals surface area contributed by atoms with Crippen LogP contribution in [0.4, 0.5) is 0 Å². The van der Waals surface area contributed by atoms with Gasteiger partial charge in [-0.05, 0) is 39.7 Å². The lowest BCUT2D eigenvalue weighted by Crippen LogP contribution is -2.34.